The number of nitro groups is 1. The Morgan fingerprint density at radius 2 is 2.41 bits per heavy atom. The van der Waals surface area contributed by atoms with Crippen LogP contribution < -0.4 is 10.4 Å². The molecule has 0 aromatic heterocycles. The van der Waals surface area contributed by atoms with Gasteiger partial charge in [0.1, 0.15) is 6.54 Å². The molecule has 0 aliphatic carbocycles. The number of benzene rings is 1. The van der Waals surface area contributed by atoms with Crippen LogP contribution in [0, 0.1) is 10.1 Å². The standard InChI is InChI=1S/C10H11N3O4/c1-17-10(14)6-12-9-3-2-8(13(15)16)4-7(9)5-11-12/h2-4,11H,5-6H2,1H3. The van der Waals surface area contributed by atoms with E-state index in [1.807, 2.05) is 0 Å². The van der Waals surface area contributed by atoms with E-state index in [1.54, 1.807) is 11.1 Å². The summed E-state index contributed by atoms with van der Waals surface area (Å²) in [6, 6.07) is 4.53. The Kier molecular flexibility index (Phi) is 2.92. The lowest BCUT2D eigenvalue weighted by Gasteiger charge is -2.17. The van der Waals surface area contributed by atoms with Gasteiger partial charge in [0.05, 0.1) is 17.7 Å². The number of nitrogens with zero attached hydrogens (tertiary/aromatic N) is 2. The molecule has 1 aliphatic rings. The first-order valence-corrected chi connectivity index (χ1v) is 4.97. The first kappa shape index (κ1) is 11.3. The topological polar surface area (TPSA) is 84.7 Å². The van der Waals surface area contributed by atoms with Gasteiger partial charge in [-0.15, -0.1) is 0 Å². The number of carbonyl (C=O) groups excluding carboxylic acids is 1. The molecule has 1 heterocycles. The van der Waals surface area contributed by atoms with Crippen molar-refractivity contribution in [1.29, 1.82) is 0 Å². The molecule has 0 amide bonds. The summed E-state index contributed by atoms with van der Waals surface area (Å²) in [5.41, 5.74) is 4.57. The second kappa shape index (κ2) is 4.38. The fourth-order valence-electron chi connectivity index (χ4n) is 1.69. The molecule has 7 nitrogen and oxygen atoms in total. The number of carbonyl (C=O) groups is 1. The molecule has 0 bridgehead atoms. The third-order valence-corrected chi connectivity index (χ3v) is 2.54. The maximum atomic E-state index is 11.1. The van der Waals surface area contributed by atoms with E-state index >= 15 is 0 Å². The molecule has 0 saturated carbocycles. The summed E-state index contributed by atoms with van der Waals surface area (Å²) in [5.74, 6) is -0.372. The lowest BCUT2D eigenvalue weighted by molar-refractivity contribution is -0.384. The van der Waals surface area contributed by atoms with Crippen LogP contribution in [-0.2, 0) is 16.1 Å². The van der Waals surface area contributed by atoms with E-state index in [2.05, 4.69) is 10.2 Å². The third-order valence-electron chi connectivity index (χ3n) is 2.54. The van der Waals surface area contributed by atoms with Crippen LogP contribution in [0.1, 0.15) is 5.56 Å². The van der Waals surface area contributed by atoms with Gasteiger partial charge in [0.2, 0.25) is 0 Å². The summed E-state index contributed by atoms with van der Waals surface area (Å²) in [7, 11) is 1.31. The maximum Gasteiger partial charge on any atom is 0.326 e. The minimum Gasteiger partial charge on any atom is -0.468 e. The normalized spacial score (nSPS) is 13.4. The number of nitrogens with one attached hydrogen (secondary N) is 1. The van der Waals surface area contributed by atoms with Gasteiger partial charge in [-0.2, -0.15) is 0 Å². The zero-order valence-electron chi connectivity index (χ0n) is 9.17. The van der Waals surface area contributed by atoms with Crippen molar-refractivity contribution >= 4 is 17.3 Å². The van der Waals surface area contributed by atoms with Gasteiger partial charge < -0.3 is 4.74 Å². The lowest BCUT2D eigenvalue weighted by Crippen LogP contribution is -2.37. The average Bonchev–Trinajstić information content (AvgIpc) is 2.71. The lowest BCUT2D eigenvalue weighted by atomic mass is 10.1. The number of anilines is 1. The second-order valence-corrected chi connectivity index (χ2v) is 3.57. The Morgan fingerprint density at radius 1 is 1.65 bits per heavy atom. The Balaban J connectivity index is 2.21. The summed E-state index contributed by atoms with van der Waals surface area (Å²) in [6.45, 7) is 0.537. The Bertz CT molecular complexity index is 475. The fraction of sp³-hybridized carbons (Fsp3) is 0.300. The van der Waals surface area contributed by atoms with E-state index in [4.69, 9.17) is 0 Å². The van der Waals surface area contributed by atoms with E-state index in [9.17, 15) is 14.9 Å². The van der Waals surface area contributed by atoms with Gasteiger partial charge in [0.15, 0.2) is 0 Å². The maximum absolute atomic E-state index is 11.1. The predicted octanol–water partition coefficient (Wildman–Crippen LogP) is 0.592. The monoisotopic (exact) mass is 237 g/mol. The highest BCUT2D eigenvalue weighted by atomic mass is 16.6. The third kappa shape index (κ3) is 2.18. The summed E-state index contributed by atoms with van der Waals surface area (Å²) in [4.78, 5) is 21.3. The van der Waals surface area contributed by atoms with Crippen LogP contribution in [0.15, 0.2) is 18.2 Å². The van der Waals surface area contributed by atoms with Crippen LogP contribution >= 0.6 is 0 Å². The Hall–Kier alpha value is -2.15. The van der Waals surface area contributed by atoms with E-state index in [-0.39, 0.29) is 18.2 Å². The van der Waals surface area contributed by atoms with Crippen LogP contribution in [0.4, 0.5) is 11.4 Å². The van der Waals surface area contributed by atoms with Gasteiger partial charge in [-0.3, -0.25) is 19.9 Å². The van der Waals surface area contributed by atoms with Crippen LogP contribution in [0.2, 0.25) is 0 Å². The smallest absolute Gasteiger partial charge is 0.326 e. The number of fused-ring (bicyclic) bond motifs is 1. The van der Waals surface area contributed by atoms with Crippen molar-refractivity contribution in [1.82, 2.24) is 5.43 Å². The number of nitro benzene ring substituents is 1. The van der Waals surface area contributed by atoms with Crippen molar-refractivity contribution < 1.29 is 14.5 Å². The van der Waals surface area contributed by atoms with E-state index < -0.39 is 4.92 Å². The number of ether oxygens (including phenoxy) is 1. The zero-order chi connectivity index (χ0) is 12.4. The summed E-state index contributed by atoms with van der Waals surface area (Å²) >= 11 is 0. The molecule has 0 radical (unpaired) electrons. The molecule has 0 spiro atoms. The van der Waals surface area contributed by atoms with Crippen molar-refractivity contribution in [3.05, 3.63) is 33.9 Å². The van der Waals surface area contributed by atoms with Crippen molar-refractivity contribution in [2.45, 2.75) is 6.54 Å². The molecule has 0 atom stereocenters. The highest BCUT2D eigenvalue weighted by Crippen LogP contribution is 2.28. The zero-order valence-corrected chi connectivity index (χ0v) is 9.17. The number of hydrogen-bond acceptors (Lipinski definition) is 6. The molecule has 0 saturated heterocycles. The summed E-state index contributed by atoms with van der Waals surface area (Å²) in [6.07, 6.45) is 0. The van der Waals surface area contributed by atoms with Gasteiger partial charge in [-0.1, -0.05) is 0 Å². The van der Waals surface area contributed by atoms with Gasteiger partial charge in [0, 0.05) is 18.7 Å². The summed E-state index contributed by atoms with van der Waals surface area (Å²) in [5, 5.41) is 12.2. The van der Waals surface area contributed by atoms with Crippen molar-refractivity contribution in [2.24, 2.45) is 0 Å². The molecule has 90 valence electrons. The van der Waals surface area contributed by atoms with Crippen molar-refractivity contribution in [2.75, 3.05) is 18.7 Å². The number of methoxy groups -OCH3 is 1. The molecule has 1 aliphatic heterocycles. The first-order chi connectivity index (χ1) is 8.11. The average molecular weight is 237 g/mol. The van der Waals surface area contributed by atoms with Gasteiger partial charge >= 0.3 is 5.97 Å². The molecule has 0 unspecified atom stereocenters. The Labute approximate surface area is 97.1 Å². The second-order valence-electron chi connectivity index (χ2n) is 3.57. The van der Waals surface area contributed by atoms with Gasteiger partial charge in [-0.05, 0) is 11.6 Å². The van der Waals surface area contributed by atoms with Crippen molar-refractivity contribution in [3.63, 3.8) is 0 Å². The van der Waals surface area contributed by atoms with Crippen molar-refractivity contribution in [3.8, 4) is 0 Å². The fourth-order valence-corrected chi connectivity index (χ4v) is 1.69. The predicted molar refractivity (Wildman–Crippen MR) is 59.3 cm³/mol. The van der Waals surface area contributed by atoms with E-state index in [0.29, 0.717) is 6.54 Å². The molecule has 17 heavy (non-hydrogen) atoms. The van der Waals surface area contributed by atoms with Gasteiger partial charge in [0.25, 0.3) is 5.69 Å². The molecular formula is C10H11N3O4. The number of non-ortho nitro benzene ring substituents is 1. The number of hydrazine groups is 1. The largest absolute Gasteiger partial charge is 0.468 e. The number of hydrogen-bond donors (Lipinski definition) is 1. The van der Waals surface area contributed by atoms with Crippen LogP contribution in [0.25, 0.3) is 0 Å². The minimum atomic E-state index is -0.441. The summed E-state index contributed by atoms with van der Waals surface area (Å²) < 4.78 is 4.56. The molecule has 0 fully saturated rings. The van der Waals surface area contributed by atoms with Crippen LogP contribution in [0.5, 0.6) is 0 Å². The minimum absolute atomic E-state index is 0.0467. The SMILES string of the molecule is COC(=O)CN1NCc2cc([N+](=O)[O-])ccc21. The molecule has 2 rings (SSSR count). The van der Waals surface area contributed by atoms with E-state index in [1.165, 1.54) is 19.2 Å². The highest BCUT2D eigenvalue weighted by molar-refractivity contribution is 5.76. The number of rotatable bonds is 3. The molecule has 1 aromatic rings. The molecular weight excluding hydrogens is 226 g/mol. The Morgan fingerprint density at radius 3 is 3.06 bits per heavy atom. The molecule has 1 aromatic carbocycles. The first-order valence-electron chi connectivity index (χ1n) is 4.97. The molecule has 7 heteroatoms. The quantitative estimate of drug-likeness (QED) is 0.470. The van der Waals surface area contributed by atoms with Crippen LogP contribution in [-0.4, -0.2) is 24.5 Å². The number of esters is 1. The molecule has 1 N–H and O–H groups in total. The van der Waals surface area contributed by atoms with E-state index in [0.717, 1.165) is 11.3 Å². The van der Waals surface area contributed by atoms with Crippen LogP contribution in [0.3, 0.4) is 0 Å². The highest BCUT2D eigenvalue weighted by Gasteiger charge is 2.23. The van der Waals surface area contributed by atoms with Gasteiger partial charge in [-0.25, -0.2) is 5.43 Å².